The third-order valence-corrected chi connectivity index (χ3v) is 3.97. The quantitative estimate of drug-likeness (QED) is 0.912. The minimum absolute atomic E-state index is 0.216. The SMILES string of the molecule is Cc1cccc(-n2nc(C(=O)O)c3c2CCC(C)C3)c1. The number of aromatic carboxylic acids is 1. The van der Waals surface area contributed by atoms with Gasteiger partial charge in [-0.1, -0.05) is 19.1 Å². The highest BCUT2D eigenvalue weighted by molar-refractivity contribution is 5.87. The van der Waals surface area contributed by atoms with Crippen LogP contribution in [0.4, 0.5) is 0 Å². The topological polar surface area (TPSA) is 55.1 Å². The Morgan fingerprint density at radius 3 is 2.95 bits per heavy atom. The highest BCUT2D eigenvalue weighted by atomic mass is 16.4. The van der Waals surface area contributed by atoms with Gasteiger partial charge < -0.3 is 5.11 Å². The molecular formula is C16H18N2O2. The predicted octanol–water partition coefficient (Wildman–Crippen LogP) is 3.00. The van der Waals surface area contributed by atoms with Crippen molar-refractivity contribution >= 4 is 5.97 Å². The zero-order chi connectivity index (χ0) is 14.3. The number of nitrogens with zero attached hydrogens (tertiary/aromatic N) is 2. The summed E-state index contributed by atoms with van der Waals surface area (Å²) >= 11 is 0. The fourth-order valence-electron chi connectivity index (χ4n) is 2.94. The van der Waals surface area contributed by atoms with Gasteiger partial charge in [0.15, 0.2) is 5.69 Å². The first-order valence-corrected chi connectivity index (χ1v) is 6.97. The first kappa shape index (κ1) is 12.9. The lowest BCUT2D eigenvalue weighted by Gasteiger charge is -2.19. The molecule has 0 saturated carbocycles. The van der Waals surface area contributed by atoms with Crippen LogP contribution >= 0.6 is 0 Å². The van der Waals surface area contributed by atoms with E-state index in [9.17, 15) is 9.90 Å². The van der Waals surface area contributed by atoms with E-state index < -0.39 is 5.97 Å². The van der Waals surface area contributed by atoms with E-state index in [-0.39, 0.29) is 5.69 Å². The molecule has 0 radical (unpaired) electrons. The molecule has 1 unspecified atom stereocenters. The van der Waals surface area contributed by atoms with Gasteiger partial charge in [0, 0.05) is 11.3 Å². The summed E-state index contributed by atoms with van der Waals surface area (Å²) < 4.78 is 1.82. The average Bonchev–Trinajstić information content (AvgIpc) is 2.77. The van der Waals surface area contributed by atoms with Crippen molar-refractivity contribution in [2.24, 2.45) is 5.92 Å². The van der Waals surface area contributed by atoms with Crippen molar-refractivity contribution in [1.29, 1.82) is 0 Å². The molecule has 1 heterocycles. The van der Waals surface area contributed by atoms with Gasteiger partial charge >= 0.3 is 5.97 Å². The van der Waals surface area contributed by atoms with Crippen LogP contribution in [0.1, 0.15) is 40.7 Å². The number of fused-ring (bicyclic) bond motifs is 1. The highest BCUT2D eigenvalue weighted by Crippen LogP contribution is 2.30. The number of carboxylic acids is 1. The molecule has 1 aliphatic carbocycles. The van der Waals surface area contributed by atoms with Gasteiger partial charge in [0.2, 0.25) is 0 Å². The van der Waals surface area contributed by atoms with E-state index in [0.717, 1.165) is 41.8 Å². The standard InChI is InChI=1S/C16H18N2O2/c1-10-4-3-5-12(8-10)18-14-7-6-11(2)9-13(14)15(17-18)16(19)20/h3-5,8,11H,6-7,9H2,1-2H3,(H,19,20). The molecule has 1 aromatic heterocycles. The zero-order valence-corrected chi connectivity index (χ0v) is 11.8. The molecule has 20 heavy (non-hydrogen) atoms. The number of carboxylic acid groups (broad SMARTS) is 1. The molecule has 1 atom stereocenters. The molecule has 0 fully saturated rings. The van der Waals surface area contributed by atoms with Crippen molar-refractivity contribution in [2.75, 3.05) is 0 Å². The molecule has 0 bridgehead atoms. The first-order valence-electron chi connectivity index (χ1n) is 6.97. The molecule has 3 rings (SSSR count). The molecule has 0 spiro atoms. The van der Waals surface area contributed by atoms with Crippen LogP contribution < -0.4 is 0 Å². The fraction of sp³-hybridized carbons (Fsp3) is 0.375. The maximum atomic E-state index is 11.4. The Kier molecular flexibility index (Phi) is 3.08. The van der Waals surface area contributed by atoms with Crippen LogP contribution in [0.15, 0.2) is 24.3 Å². The van der Waals surface area contributed by atoms with Gasteiger partial charge in [0.25, 0.3) is 0 Å². The van der Waals surface area contributed by atoms with E-state index in [0.29, 0.717) is 5.92 Å². The van der Waals surface area contributed by atoms with Crippen LogP contribution in [-0.4, -0.2) is 20.9 Å². The van der Waals surface area contributed by atoms with E-state index in [4.69, 9.17) is 0 Å². The summed E-state index contributed by atoms with van der Waals surface area (Å²) in [5.74, 6) is -0.405. The molecule has 104 valence electrons. The molecular weight excluding hydrogens is 252 g/mol. The van der Waals surface area contributed by atoms with E-state index in [1.54, 1.807) is 0 Å². The van der Waals surface area contributed by atoms with E-state index in [1.807, 2.05) is 35.9 Å². The van der Waals surface area contributed by atoms with Crippen LogP contribution in [0.2, 0.25) is 0 Å². The number of carbonyl (C=O) groups is 1. The third-order valence-electron chi connectivity index (χ3n) is 3.97. The van der Waals surface area contributed by atoms with Gasteiger partial charge in [0.1, 0.15) is 0 Å². The second kappa shape index (κ2) is 4.78. The Bertz CT molecular complexity index is 673. The molecule has 1 aromatic carbocycles. The molecule has 0 amide bonds. The minimum Gasteiger partial charge on any atom is -0.476 e. The summed E-state index contributed by atoms with van der Waals surface area (Å²) in [6.07, 6.45) is 2.79. The highest BCUT2D eigenvalue weighted by Gasteiger charge is 2.27. The molecule has 0 aliphatic heterocycles. The maximum absolute atomic E-state index is 11.4. The van der Waals surface area contributed by atoms with Crippen molar-refractivity contribution < 1.29 is 9.90 Å². The number of benzene rings is 1. The van der Waals surface area contributed by atoms with Crippen LogP contribution in [0.3, 0.4) is 0 Å². The number of aromatic nitrogens is 2. The number of hydrogen-bond acceptors (Lipinski definition) is 2. The van der Waals surface area contributed by atoms with E-state index in [2.05, 4.69) is 12.0 Å². The summed E-state index contributed by atoms with van der Waals surface area (Å²) in [6, 6.07) is 8.02. The Morgan fingerprint density at radius 2 is 2.25 bits per heavy atom. The van der Waals surface area contributed by atoms with E-state index in [1.165, 1.54) is 0 Å². The van der Waals surface area contributed by atoms with Crippen LogP contribution in [0.25, 0.3) is 5.69 Å². The average molecular weight is 270 g/mol. The Labute approximate surface area is 118 Å². The predicted molar refractivity (Wildman–Crippen MR) is 76.4 cm³/mol. The number of hydrogen-bond donors (Lipinski definition) is 1. The van der Waals surface area contributed by atoms with Gasteiger partial charge in [-0.15, -0.1) is 0 Å². The second-order valence-corrected chi connectivity index (χ2v) is 5.68. The lowest BCUT2D eigenvalue weighted by atomic mass is 9.87. The monoisotopic (exact) mass is 270 g/mol. The molecule has 4 heteroatoms. The van der Waals surface area contributed by atoms with Crippen LogP contribution in [0, 0.1) is 12.8 Å². The van der Waals surface area contributed by atoms with Crippen LogP contribution in [0.5, 0.6) is 0 Å². The lowest BCUT2D eigenvalue weighted by molar-refractivity contribution is 0.0688. The summed E-state index contributed by atoms with van der Waals surface area (Å²) in [4.78, 5) is 11.4. The number of aryl methyl sites for hydroxylation is 1. The summed E-state index contributed by atoms with van der Waals surface area (Å²) in [7, 11) is 0. The lowest BCUT2D eigenvalue weighted by Crippen LogP contribution is -2.14. The summed E-state index contributed by atoms with van der Waals surface area (Å²) in [5, 5.41) is 13.7. The summed E-state index contributed by atoms with van der Waals surface area (Å²) in [6.45, 7) is 4.19. The molecule has 2 aromatic rings. The molecule has 1 N–H and O–H groups in total. The van der Waals surface area contributed by atoms with Crippen molar-refractivity contribution in [2.45, 2.75) is 33.1 Å². The van der Waals surface area contributed by atoms with Gasteiger partial charge in [-0.3, -0.25) is 0 Å². The summed E-state index contributed by atoms with van der Waals surface area (Å²) in [5.41, 5.74) is 4.29. The first-order chi connectivity index (χ1) is 9.56. The second-order valence-electron chi connectivity index (χ2n) is 5.68. The number of rotatable bonds is 2. The Morgan fingerprint density at radius 1 is 1.45 bits per heavy atom. The van der Waals surface area contributed by atoms with Gasteiger partial charge in [-0.2, -0.15) is 5.10 Å². The fourth-order valence-corrected chi connectivity index (χ4v) is 2.94. The third kappa shape index (κ3) is 2.11. The van der Waals surface area contributed by atoms with Gasteiger partial charge in [-0.05, 0) is 49.8 Å². The smallest absolute Gasteiger partial charge is 0.356 e. The van der Waals surface area contributed by atoms with Crippen molar-refractivity contribution in [3.05, 3.63) is 46.8 Å². The van der Waals surface area contributed by atoms with Crippen molar-refractivity contribution in [1.82, 2.24) is 9.78 Å². The van der Waals surface area contributed by atoms with E-state index >= 15 is 0 Å². The molecule has 1 aliphatic rings. The maximum Gasteiger partial charge on any atom is 0.356 e. The van der Waals surface area contributed by atoms with Crippen LogP contribution in [-0.2, 0) is 12.8 Å². The van der Waals surface area contributed by atoms with Gasteiger partial charge in [0.05, 0.1) is 5.69 Å². The van der Waals surface area contributed by atoms with Gasteiger partial charge in [-0.25, -0.2) is 9.48 Å². The van der Waals surface area contributed by atoms with Crippen molar-refractivity contribution in [3.63, 3.8) is 0 Å². The normalized spacial score (nSPS) is 17.8. The molecule has 0 saturated heterocycles. The Balaban J connectivity index is 2.17. The molecule has 4 nitrogen and oxygen atoms in total. The van der Waals surface area contributed by atoms with Crippen molar-refractivity contribution in [3.8, 4) is 5.69 Å². The minimum atomic E-state index is -0.929. The largest absolute Gasteiger partial charge is 0.476 e. The zero-order valence-electron chi connectivity index (χ0n) is 11.8. The Hall–Kier alpha value is -2.10.